The van der Waals surface area contributed by atoms with Gasteiger partial charge in [-0.15, -0.1) is 0 Å². The fraction of sp³-hybridized carbons (Fsp3) is 0.538. The predicted molar refractivity (Wildman–Crippen MR) is 62.7 cm³/mol. The summed E-state index contributed by atoms with van der Waals surface area (Å²) in [6.45, 7) is 3.11. The Kier molecular flexibility index (Phi) is 3.15. The van der Waals surface area contributed by atoms with E-state index in [-0.39, 0.29) is 5.92 Å². The molecular weight excluding hydrogens is 205 g/mol. The zero-order valence-electron chi connectivity index (χ0n) is 9.79. The van der Waals surface area contributed by atoms with E-state index in [1.54, 1.807) is 14.0 Å². The van der Waals surface area contributed by atoms with E-state index in [1.165, 1.54) is 0 Å². The van der Waals surface area contributed by atoms with Crippen LogP contribution in [0.4, 0.5) is 4.39 Å². The number of hydrogen-bond donors (Lipinski definition) is 1. The van der Waals surface area contributed by atoms with Gasteiger partial charge in [0.1, 0.15) is 11.4 Å². The van der Waals surface area contributed by atoms with Crippen molar-refractivity contribution in [3.05, 3.63) is 29.8 Å². The first-order chi connectivity index (χ1) is 7.65. The van der Waals surface area contributed by atoms with Crippen LogP contribution >= 0.6 is 0 Å². The van der Waals surface area contributed by atoms with Crippen molar-refractivity contribution in [2.24, 2.45) is 0 Å². The van der Waals surface area contributed by atoms with Crippen molar-refractivity contribution in [1.29, 1.82) is 0 Å². The Bertz CT molecular complexity index is 365. The highest BCUT2D eigenvalue weighted by Gasteiger charge is 2.38. The maximum absolute atomic E-state index is 14.4. The number of alkyl halides is 1. The van der Waals surface area contributed by atoms with Crippen LogP contribution in [0.2, 0.25) is 0 Å². The Morgan fingerprint density at radius 2 is 2.19 bits per heavy atom. The van der Waals surface area contributed by atoms with Crippen molar-refractivity contribution in [3.63, 3.8) is 0 Å². The lowest BCUT2D eigenvalue weighted by Crippen LogP contribution is -2.43. The van der Waals surface area contributed by atoms with Gasteiger partial charge in [-0.25, -0.2) is 4.39 Å². The quantitative estimate of drug-likeness (QED) is 0.831. The van der Waals surface area contributed by atoms with Crippen LogP contribution in [0.15, 0.2) is 24.3 Å². The van der Waals surface area contributed by atoms with Gasteiger partial charge in [0.2, 0.25) is 0 Å². The molecule has 1 saturated heterocycles. The molecule has 1 fully saturated rings. The SMILES string of the molecule is COc1ccccc1C1CNCCC1(C)F. The molecule has 2 atom stereocenters. The first-order valence-corrected chi connectivity index (χ1v) is 5.67. The molecule has 1 heterocycles. The lowest BCUT2D eigenvalue weighted by molar-refractivity contribution is 0.108. The van der Waals surface area contributed by atoms with Gasteiger partial charge in [0, 0.05) is 18.0 Å². The predicted octanol–water partition coefficient (Wildman–Crippen LogP) is 2.50. The van der Waals surface area contributed by atoms with Gasteiger partial charge in [0.25, 0.3) is 0 Å². The smallest absolute Gasteiger partial charge is 0.122 e. The number of hydrogen-bond acceptors (Lipinski definition) is 2. The topological polar surface area (TPSA) is 21.3 Å². The monoisotopic (exact) mass is 223 g/mol. The molecule has 1 aliphatic heterocycles. The summed E-state index contributed by atoms with van der Waals surface area (Å²) in [5, 5.41) is 3.24. The number of para-hydroxylation sites is 1. The maximum atomic E-state index is 14.4. The van der Waals surface area contributed by atoms with Gasteiger partial charge in [-0.05, 0) is 26.0 Å². The molecule has 1 N–H and O–H groups in total. The van der Waals surface area contributed by atoms with E-state index in [2.05, 4.69) is 5.32 Å². The molecule has 3 heteroatoms. The molecule has 2 unspecified atom stereocenters. The van der Waals surface area contributed by atoms with E-state index in [0.29, 0.717) is 13.0 Å². The molecule has 0 spiro atoms. The Balaban J connectivity index is 2.34. The van der Waals surface area contributed by atoms with Crippen LogP contribution < -0.4 is 10.1 Å². The minimum Gasteiger partial charge on any atom is -0.496 e. The second-order valence-corrected chi connectivity index (χ2v) is 4.53. The average molecular weight is 223 g/mol. The van der Waals surface area contributed by atoms with Crippen LogP contribution in [0.3, 0.4) is 0 Å². The zero-order chi connectivity index (χ0) is 11.6. The third-order valence-electron chi connectivity index (χ3n) is 3.38. The van der Waals surface area contributed by atoms with Gasteiger partial charge in [0.15, 0.2) is 0 Å². The van der Waals surface area contributed by atoms with Crippen LogP contribution in [-0.4, -0.2) is 25.9 Å². The number of benzene rings is 1. The number of rotatable bonds is 2. The molecule has 0 bridgehead atoms. The Hall–Kier alpha value is -1.09. The standard InChI is InChI=1S/C13H18FNO/c1-13(14)7-8-15-9-11(13)10-5-3-4-6-12(10)16-2/h3-6,11,15H,7-9H2,1-2H3. The second kappa shape index (κ2) is 4.42. The fourth-order valence-corrected chi connectivity index (χ4v) is 2.35. The van der Waals surface area contributed by atoms with Crippen molar-refractivity contribution in [2.75, 3.05) is 20.2 Å². The minimum absolute atomic E-state index is 0.127. The lowest BCUT2D eigenvalue weighted by atomic mass is 9.80. The fourth-order valence-electron chi connectivity index (χ4n) is 2.35. The molecule has 0 aromatic heterocycles. The van der Waals surface area contributed by atoms with Gasteiger partial charge < -0.3 is 10.1 Å². The highest BCUT2D eigenvalue weighted by molar-refractivity contribution is 5.38. The Morgan fingerprint density at radius 3 is 2.88 bits per heavy atom. The van der Waals surface area contributed by atoms with Crippen LogP contribution in [0.1, 0.15) is 24.8 Å². The van der Waals surface area contributed by atoms with Gasteiger partial charge in [-0.2, -0.15) is 0 Å². The number of halogens is 1. The highest BCUT2D eigenvalue weighted by Crippen LogP contribution is 2.39. The third-order valence-corrected chi connectivity index (χ3v) is 3.38. The summed E-state index contributed by atoms with van der Waals surface area (Å²) in [7, 11) is 1.63. The summed E-state index contributed by atoms with van der Waals surface area (Å²) in [4.78, 5) is 0. The van der Waals surface area contributed by atoms with Gasteiger partial charge in [0.05, 0.1) is 7.11 Å². The lowest BCUT2D eigenvalue weighted by Gasteiger charge is -2.36. The molecule has 1 aromatic rings. The molecule has 0 aliphatic carbocycles. The molecule has 2 nitrogen and oxygen atoms in total. The summed E-state index contributed by atoms with van der Waals surface area (Å²) in [6.07, 6.45) is 0.551. The number of methoxy groups -OCH3 is 1. The molecule has 0 radical (unpaired) electrons. The van der Waals surface area contributed by atoms with Crippen LogP contribution in [0.25, 0.3) is 0 Å². The van der Waals surface area contributed by atoms with Crippen molar-refractivity contribution in [1.82, 2.24) is 5.32 Å². The van der Waals surface area contributed by atoms with Crippen LogP contribution in [0, 0.1) is 0 Å². The largest absolute Gasteiger partial charge is 0.496 e. The van der Waals surface area contributed by atoms with E-state index in [0.717, 1.165) is 17.9 Å². The molecule has 88 valence electrons. The molecule has 0 saturated carbocycles. The number of ether oxygens (including phenoxy) is 1. The first-order valence-electron chi connectivity index (χ1n) is 5.67. The van der Waals surface area contributed by atoms with Crippen LogP contribution in [-0.2, 0) is 0 Å². The van der Waals surface area contributed by atoms with Crippen molar-refractivity contribution < 1.29 is 9.13 Å². The molecule has 1 aliphatic rings. The summed E-state index contributed by atoms with van der Waals surface area (Å²) in [6, 6.07) is 7.69. The second-order valence-electron chi connectivity index (χ2n) is 4.53. The molecule has 0 amide bonds. The molecule has 1 aromatic carbocycles. The van der Waals surface area contributed by atoms with Gasteiger partial charge in [-0.1, -0.05) is 18.2 Å². The van der Waals surface area contributed by atoms with Crippen LogP contribution in [0.5, 0.6) is 5.75 Å². The third kappa shape index (κ3) is 2.05. The minimum atomic E-state index is -1.15. The number of piperidine rings is 1. The first kappa shape index (κ1) is 11.4. The van der Waals surface area contributed by atoms with Crippen molar-refractivity contribution in [3.8, 4) is 5.75 Å². The van der Waals surface area contributed by atoms with Gasteiger partial charge >= 0.3 is 0 Å². The summed E-state index contributed by atoms with van der Waals surface area (Å²) >= 11 is 0. The Labute approximate surface area is 95.8 Å². The van der Waals surface area contributed by atoms with E-state index < -0.39 is 5.67 Å². The average Bonchev–Trinajstić information content (AvgIpc) is 2.28. The molecule has 16 heavy (non-hydrogen) atoms. The number of nitrogens with one attached hydrogen (secondary N) is 1. The summed E-state index contributed by atoms with van der Waals surface area (Å²) in [5.74, 6) is 0.650. The zero-order valence-corrected chi connectivity index (χ0v) is 9.79. The van der Waals surface area contributed by atoms with Crippen molar-refractivity contribution >= 4 is 0 Å². The maximum Gasteiger partial charge on any atom is 0.122 e. The van der Waals surface area contributed by atoms with E-state index in [1.807, 2.05) is 24.3 Å². The summed E-state index contributed by atoms with van der Waals surface area (Å²) < 4.78 is 19.7. The van der Waals surface area contributed by atoms with E-state index >= 15 is 0 Å². The molecule has 2 rings (SSSR count). The molecular formula is C13H18FNO. The van der Waals surface area contributed by atoms with Crippen molar-refractivity contribution in [2.45, 2.75) is 24.9 Å². The Morgan fingerprint density at radius 1 is 1.44 bits per heavy atom. The van der Waals surface area contributed by atoms with E-state index in [9.17, 15) is 4.39 Å². The van der Waals surface area contributed by atoms with E-state index in [4.69, 9.17) is 4.74 Å². The summed E-state index contributed by atoms with van der Waals surface area (Å²) in [5.41, 5.74) is -0.193. The highest BCUT2D eigenvalue weighted by atomic mass is 19.1. The van der Waals surface area contributed by atoms with Gasteiger partial charge in [-0.3, -0.25) is 0 Å². The normalized spacial score (nSPS) is 30.1.